The van der Waals surface area contributed by atoms with Gasteiger partial charge < -0.3 is 30.0 Å². The number of guanidine groups is 1. The highest BCUT2D eigenvalue weighted by Crippen LogP contribution is 2.28. The van der Waals surface area contributed by atoms with E-state index in [0.717, 1.165) is 35.8 Å². The number of methoxy groups -OCH3 is 1. The Morgan fingerprint density at radius 1 is 1.06 bits per heavy atom. The fourth-order valence-electron chi connectivity index (χ4n) is 2.99. The van der Waals surface area contributed by atoms with Crippen molar-refractivity contribution < 1.29 is 19.3 Å². The van der Waals surface area contributed by atoms with Crippen LogP contribution in [0.3, 0.4) is 0 Å². The van der Waals surface area contributed by atoms with Crippen LogP contribution in [-0.4, -0.2) is 44.0 Å². The maximum Gasteiger partial charge on any atom is 0.191 e. The Morgan fingerprint density at radius 2 is 1.88 bits per heavy atom. The van der Waals surface area contributed by atoms with Crippen LogP contribution in [0.1, 0.15) is 43.9 Å². The first-order valence-corrected chi connectivity index (χ1v) is 11.2. The number of rotatable bonds is 12. The summed E-state index contributed by atoms with van der Waals surface area (Å²) in [6.07, 6.45) is 1.12. The van der Waals surface area contributed by atoms with E-state index in [1.54, 1.807) is 7.11 Å². The second kappa shape index (κ2) is 13.5. The molecule has 1 unspecified atom stereocenters. The van der Waals surface area contributed by atoms with Crippen molar-refractivity contribution in [3.05, 3.63) is 53.1 Å². The quantitative estimate of drug-likeness (QED) is 0.342. The van der Waals surface area contributed by atoms with Gasteiger partial charge in [0.25, 0.3) is 0 Å². The Morgan fingerprint density at radius 3 is 2.56 bits per heavy atom. The van der Waals surface area contributed by atoms with Gasteiger partial charge in [-0.1, -0.05) is 25.1 Å². The fraction of sp³-hybridized carbons (Fsp3) is 0.480. The minimum Gasteiger partial charge on any atom is -0.493 e. The Hall–Kier alpha value is -2.93. The lowest BCUT2D eigenvalue weighted by Crippen LogP contribution is -2.37. The summed E-state index contributed by atoms with van der Waals surface area (Å²) < 4.78 is 17.0. The van der Waals surface area contributed by atoms with Gasteiger partial charge >= 0.3 is 0 Å². The first kappa shape index (κ1) is 25.3. The molecule has 2 rings (SSSR count). The molecule has 2 aromatic carbocycles. The summed E-state index contributed by atoms with van der Waals surface area (Å²) in [5.41, 5.74) is 3.26. The molecule has 0 aliphatic carbocycles. The number of benzene rings is 2. The summed E-state index contributed by atoms with van der Waals surface area (Å²) in [4.78, 5) is 4.71. The Balaban J connectivity index is 2.09. The molecule has 7 heteroatoms. The number of aryl methyl sites for hydroxylation is 1. The SMILES string of the molecule is CCNC(=NCc1ccc(OCCO)c(OC)c1)NCc1ccc(C)cc1OC(C)CC. The number of hydrogen-bond acceptors (Lipinski definition) is 5. The van der Waals surface area contributed by atoms with E-state index in [9.17, 15) is 0 Å². The number of ether oxygens (including phenoxy) is 3. The molecule has 1 atom stereocenters. The maximum atomic E-state index is 8.96. The molecule has 0 heterocycles. The summed E-state index contributed by atoms with van der Waals surface area (Å²) in [7, 11) is 1.60. The lowest BCUT2D eigenvalue weighted by Gasteiger charge is -2.18. The van der Waals surface area contributed by atoms with Crippen LogP contribution in [0.5, 0.6) is 17.2 Å². The van der Waals surface area contributed by atoms with E-state index in [2.05, 4.69) is 49.6 Å². The first-order chi connectivity index (χ1) is 15.5. The number of aliphatic hydroxyl groups is 1. The molecule has 176 valence electrons. The van der Waals surface area contributed by atoms with E-state index >= 15 is 0 Å². The van der Waals surface area contributed by atoms with Gasteiger partial charge in [0.05, 0.1) is 26.4 Å². The zero-order valence-electron chi connectivity index (χ0n) is 19.9. The smallest absolute Gasteiger partial charge is 0.191 e. The van der Waals surface area contributed by atoms with E-state index in [0.29, 0.717) is 24.6 Å². The topological polar surface area (TPSA) is 84.3 Å². The largest absolute Gasteiger partial charge is 0.493 e. The minimum absolute atomic E-state index is 0.0436. The van der Waals surface area contributed by atoms with Crippen molar-refractivity contribution in [2.24, 2.45) is 4.99 Å². The zero-order chi connectivity index (χ0) is 23.3. The third kappa shape index (κ3) is 7.96. The maximum absolute atomic E-state index is 8.96. The molecule has 0 bridgehead atoms. The van der Waals surface area contributed by atoms with Crippen molar-refractivity contribution in [1.29, 1.82) is 0 Å². The molecular weight excluding hydrogens is 406 g/mol. The standard InChI is InChI=1S/C25H37N3O4/c1-6-19(4)32-23-14-18(3)8-10-21(23)17-28-25(26-7-2)27-16-20-9-11-22(31-13-12-29)24(15-20)30-5/h8-11,14-15,19,29H,6-7,12-13,16-17H2,1-5H3,(H2,26,27,28). The Kier molecular flexibility index (Phi) is 10.7. The van der Waals surface area contributed by atoms with E-state index in [-0.39, 0.29) is 19.3 Å². The van der Waals surface area contributed by atoms with E-state index in [1.807, 2.05) is 25.1 Å². The molecule has 0 aliphatic heterocycles. The molecule has 0 aliphatic rings. The molecule has 3 N–H and O–H groups in total. The van der Waals surface area contributed by atoms with Gasteiger partial charge in [-0.05, 0) is 56.5 Å². The van der Waals surface area contributed by atoms with Crippen LogP contribution in [0, 0.1) is 6.92 Å². The summed E-state index contributed by atoms with van der Waals surface area (Å²) in [6, 6.07) is 12.0. The van der Waals surface area contributed by atoms with Crippen molar-refractivity contribution in [2.75, 3.05) is 26.9 Å². The van der Waals surface area contributed by atoms with Crippen LogP contribution in [-0.2, 0) is 13.1 Å². The Bertz CT molecular complexity index is 870. The molecule has 0 fully saturated rings. The van der Waals surface area contributed by atoms with Crippen LogP contribution in [0.15, 0.2) is 41.4 Å². The molecule has 0 saturated heterocycles. The molecule has 7 nitrogen and oxygen atoms in total. The predicted octanol–water partition coefficient (Wildman–Crippen LogP) is 3.81. The van der Waals surface area contributed by atoms with E-state index < -0.39 is 0 Å². The molecule has 0 amide bonds. The molecule has 2 aromatic rings. The highest BCUT2D eigenvalue weighted by atomic mass is 16.5. The van der Waals surface area contributed by atoms with Crippen LogP contribution in [0.4, 0.5) is 0 Å². The van der Waals surface area contributed by atoms with Crippen molar-refractivity contribution >= 4 is 5.96 Å². The predicted molar refractivity (Wildman–Crippen MR) is 129 cm³/mol. The van der Waals surface area contributed by atoms with Gasteiger partial charge in [-0.3, -0.25) is 0 Å². The number of hydrogen-bond donors (Lipinski definition) is 3. The van der Waals surface area contributed by atoms with Crippen molar-refractivity contribution in [1.82, 2.24) is 10.6 Å². The van der Waals surface area contributed by atoms with Crippen LogP contribution in [0.25, 0.3) is 0 Å². The van der Waals surface area contributed by atoms with Crippen LogP contribution >= 0.6 is 0 Å². The van der Waals surface area contributed by atoms with Gasteiger partial charge in [0.15, 0.2) is 17.5 Å². The van der Waals surface area contributed by atoms with Crippen LogP contribution < -0.4 is 24.8 Å². The molecule has 32 heavy (non-hydrogen) atoms. The van der Waals surface area contributed by atoms with Gasteiger partial charge in [-0.2, -0.15) is 0 Å². The summed E-state index contributed by atoms with van der Waals surface area (Å²) in [6.45, 7) is 10.3. The summed E-state index contributed by atoms with van der Waals surface area (Å²) >= 11 is 0. The van der Waals surface area contributed by atoms with Gasteiger partial charge in [0.1, 0.15) is 12.4 Å². The van der Waals surface area contributed by atoms with Crippen LogP contribution in [0.2, 0.25) is 0 Å². The van der Waals surface area contributed by atoms with Gasteiger partial charge in [0.2, 0.25) is 0 Å². The molecule has 0 saturated carbocycles. The normalized spacial score (nSPS) is 12.2. The number of nitrogens with zero attached hydrogens (tertiary/aromatic N) is 1. The summed E-state index contributed by atoms with van der Waals surface area (Å²) in [5.74, 6) is 2.86. The lowest BCUT2D eigenvalue weighted by atomic mass is 10.1. The molecule has 0 aromatic heterocycles. The molecular formula is C25H37N3O4. The monoisotopic (exact) mass is 443 g/mol. The average Bonchev–Trinajstić information content (AvgIpc) is 2.80. The van der Waals surface area contributed by atoms with Gasteiger partial charge in [-0.15, -0.1) is 0 Å². The Labute approximate surface area is 191 Å². The zero-order valence-corrected chi connectivity index (χ0v) is 19.9. The fourth-order valence-corrected chi connectivity index (χ4v) is 2.99. The van der Waals surface area contributed by atoms with Crippen molar-refractivity contribution in [3.8, 4) is 17.2 Å². The number of nitrogens with one attached hydrogen (secondary N) is 2. The van der Waals surface area contributed by atoms with E-state index in [4.69, 9.17) is 24.3 Å². The van der Waals surface area contributed by atoms with Gasteiger partial charge in [0, 0.05) is 18.7 Å². The third-order valence-corrected chi connectivity index (χ3v) is 4.91. The second-order valence-corrected chi connectivity index (χ2v) is 7.55. The number of aliphatic hydroxyl groups excluding tert-OH is 1. The van der Waals surface area contributed by atoms with Crippen molar-refractivity contribution in [2.45, 2.75) is 53.3 Å². The highest BCUT2D eigenvalue weighted by molar-refractivity contribution is 5.79. The summed E-state index contributed by atoms with van der Waals surface area (Å²) in [5, 5.41) is 15.6. The highest BCUT2D eigenvalue weighted by Gasteiger charge is 2.10. The third-order valence-electron chi connectivity index (χ3n) is 4.91. The molecule has 0 spiro atoms. The van der Waals surface area contributed by atoms with Gasteiger partial charge in [-0.25, -0.2) is 4.99 Å². The van der Waals surface area contributed by atoms with Crippen molar-refractivity contribution in [3.63, 3.8) is 0 Å². The first-order valence-electron chi connectivity index (χ1n) is 11.2. The lowest BCUT2D eigenvalue weighted by molar-refractivity contribution is 0.196. The minimum atomic E-state index is -0.0436. The van der Waals surface area contributed by atoms with E-state index in [1.165, 1.54) is 5.56 Å². The second-order valence-electron chi connectivity index (χ2n) is 7.55. The number of aliphatic imine (C=N–C) groups is 1. The average molecular weight is 444 g/mol. The molecule has 0 radical (unpaired) electrons.